The molecule has 6 nitrogen and oxygen atoms in total. The van der Waals surface area contributed by atoms with Gasteiger partial charge in [-0.2, -0.15) is 0 Å². The van der Waals surface area contributed by atoms with Crippen molar-refractivity contribution in [1.82, 2.24) is 9.80 Å². The highest BCUT2D eigenvalue weighted by Gasteiger charge is 2.44. The van der Waals surface area contributed by atoms with Crippen molar-refractivity contribution in [3.8, 4) is 0 Å². The molecule has 2 amide bonds. The molecule has 0 bridgehead atoms. The summed E-state index contributed by atoms with van der Waals surface area (Å²) in [5.41, 5.74) is 1.54. The number of hydrogen-bond acceptors (Lipinski definition) is 5. The standard InChI is InChI=1S/C24H26N2O4/c1-2-25-14-8-11-18(16-25)30-24(29)21(15-17-9-4-3-5-10-17)26-22(27)19-12-6-7-13-20(19)23(26)28/h3-7,9-10,12-13,18,21H,2,8,11,14-16H2,1H3/t18?,21-/m0/s1. The van der Waals surface area contributed by atoms with E-state index in [1.54, 1.807) is 24.3 Å². The number of benzene rings is 2. The molecule has 4 rings (SSSR count). The molecule has 2 aromatic rings. The summed E-state index contributed by atoms with van der Waals surface area (Å²) in [5.74, 6) is -1.39. The Morgan fingerprint density at radius 1 is 1.03 bits per heavy atom. The number of nitrogens with zero attached hydrogens (tertiary/aromatic N) is 2. The Hall–Kier alpha value is -2.99. The van der Waals surface area contributed by atoms with Crippen LogP contribution in [0.2, 0.25) is 0 Å². The molecule has 0 aromatic heterocycles. The first-order chi connectivity index (χ1) is 14.6. The maximum absolute atomic E-state index is 13.3. The highest BCUT2D eigenvalue weighted by molar-refractivity contribution is 6.22. The van der Waals surface area contributed by atoms with E-state index in [4.69, 9.17) is 4.74 Å². The summed E-state index contributed by atoms with van der Waals surface area (Å²) in [4.78, 5) is 42.6. The number of likely N-dealkylation sites (N-methyl/N-ethyl adjacent to an activating group) is 1. The molecule has 1 unspecified atom stereocenters. The minimum absolute atomic E-state index is 0.223. The highest BCUT2D eigenvalue weighted by atomic mass is 16.5. The second kappa shape index (κ2) is 8.79. The summed E-state index contributed by atoms with van der Waals surface area (Å²) in [6, 6.07) is 15.1. The number of carbonyl (C=O) groups excluding carboxylic acids is 3. The zero-order valence-electron chi connectivity index (χ0n) is 17.1. The van der Waals surface area contributed by atoms with Crippen molar-refractivity contribution in [3.63, 3.8) is 0 Å². The molecule has 2 aliphatic rings. The third kappa shape index (κ3) is 4.00. The molecule has 0 aliphatic carbocycles. The van der Waals surface area contributed by atoms with Gasteiger partial charge < -0.3 is 4.74 Å². The predicted molar refractivity (Wildman–Crippen MR) is 112 cm³/mol. The van der Waals surface area contributed by atoms with Crippen molar-refractivity contribution < 1.29 is 19.1 Å². The third-order valence-electron chi connectivity index (χ3n) is 5.87. The van der Waals surface area contributed by atoms with Crippen LogP contribution in [0.25, 0.3) is 0 Å². The smallest absolute Gasteiger partial charge is 0.330 e. The average molecular weight is 406 g/mol. The van der Waals surface area contributed by atoms with Gasteiger partial charge in [-0.3, -0.25) is 19.4 Å². The molecular weight excluding hydrogens is 380 g/mol. The Morgan fingerprint density at radius 3 is 2.30 bits per heavy atom. The first-order valence-electron chi connectivity index (χ1n) is 10.5. The van der Waals surface area contributed by atoms with E-state index in [-0.39, 0.29) is 12.5 Å². The van der Waals surface area contributed by atoms with Gasteiger partial charge in [0.05, 0.1) is 11.1 Å². The molecule has 0 spiro atoms. The van der Waals surface area contributed by atoms with Gasteiger partial charge in [0.25, 0.3) is 11.8 Å². The van der Waals surface area contributed by atoms with Crippen LogP contribution in [0.3, 0.4) is 0 Å². The molecule has 156 valence electrons. The zero-order valence-corrected chi connectivity index (χ0v) is 17.1. The fourth-order valence-corrected chi connectivity index (χ4v) is 4.25. The van der Waals surface area contributed by atoms with Gasteiger partial charge in [-0.15, -0.1) is 0 Å². The lowest BCUT2D eigenvalue weighted by molar-refractivity contribution is -0.156. The van der Waals surface area contributed by atoms with Gasteiger partial charge in [0.15, 0.2) is 0 Å². The Morgan fingerprint density at radius 2 is 1.67 bits per heavy atom. The van der Waals surface area contributed by atoms with E-state index >= 15 is 0 Å². The number of hydrogen-bond donors (Lipinski definition) is 0. The summed E-state index contributed by atoms with van der Waals surface area (Å²) in [7, 11) is 0. The normalized spacial score (nSPS) is 20.2. The van der Waals surface area contributed by atoms with Crippen molar-refractivity contribution >= 4 is 17.8 Å². The van der Waals surface area contributed by atoms with Crippen LogP contribution in [0.1, 0.15) is 46.0 Å². The summed E-state index contributed by atoms with van der Waals surface area (Å²) in [6.45, 7) is 4.67. The van der Waals surface area contributed by atoms with Crippen molar-refractivity contribution in [2.24, 2.45) is 0 Å². The fraction of sp³-hybridized carbons (Fsp3) is 0.375. The van der Waals surface area contributed by atoms with E-state index in [0.717, 1.165) is 36.4 Å². The van der Waals surface area contributed by atoms with Gasteiger partial charge in [-0.25, -0.2) is 4.79 Å². The summed E-state index contributed by atoms with van der Waals surface area (Å²) >= 11 is 0. The topological polar surface area (TPSA) is 66.9 Å². The van der Waals surface area contributed by atoms with Crippen molar-refractivity contribution in [1.29, 1.82) is 0 Å². The molecule has 2 heterocycles. The highest BCUT2D eigenvalue weighted by Crippen LogP contribution is 2.27. The lowest BCUT2D eigenvalue weighted by Gasteiger charge is -2.33. The number of imide groups is 1. The largest absolute Gasteiger partial charge is 0.459 e. The van der Waals surface area contributed by atoms with Gasteiger partial charge >= 0.3 is 5.97 Å². The SMILES string of the molecule is CCN1CCCC(OC(=O)[C@H](Cc2ccccc2)N2C(=O)c3ccccc3C2=O)C1. The van der Waals surface area contributed by atoms with Gasteiger partial charge in [0.2, 0.25) is 0 Å². The van der Waals surface area contributed by atoms with Crippen LogP contribution in [0.5, 0.6) is 0 Å². The Labute approximate surface area is 176 Å². The second-order valence-corrected chi connectivity index (χ2v) is 7.83. The van der Waals surface area contributed by atoms with Crippen LogP contribution >= 0.6 is 0 Å². The fourth-order valence-electron chi connectivity index (χ4n) is 4.25. The first kappa shape index (κ1) is 20.3. The van der Waals surface area contributed by atoms with Crippen molar-refractivity contribution in [2.45, 2.75) is 38.3 Å². The molecular formula is C24H26N2O4. The molecule has 0 radical (unpaired) electrons. The molecule has 0 N–H and O–H groups in total. The van der Waals surface area contributed by atoms with Crippen LogP contribution in [0.15, 0.2) is 54.6 Å². The van der Waals surface area contributed by atoms with Crippen LogP contribution in [-0.4, -0.2) is 59.4 Å². The van der Waals surface area contributed by atoms with Crippen molar-refractivity contribution in [2.75, 3.05) is 19.6 Å². The van der Waals surface area contributed by atoms with E-state index in [1.165, 1.54) is 0 Å². The Kier molecular flexibility index (Phi) is 5.95. The van der Waals surface area contributed by atoms with Crippen molar-refractivity contribution in [3.05, 3.63) is 71.3 Å². The average Bonchev–Trinajstić information content (AvgIpc) is 3.03. The summed E-state index contributed by atoms with van der Waals surface area (Å²) in [5, 5.41) is 0. The molecule has 2 atom stereocenters. The number of amides is 2. The summed E-state index contributed by atoms with van der Waals surface area (Å²) in [6.07, 6.45) is 1.76. The van der Waals surface area contributed by atoms with E-state index in [0.29, 0.717) is 17.7 Å². The molecule has 0 saturated carbocycles. The quantitative estimate of drug-likeness (QED) is 0.545. The predicted octanol–water partition coefficient (Wildman–Crippen LogP) is 2.92. The summed E-state index contributed by atoms with van der Waals surface area (Å²) < 4.78 is 5.84. The van der Waals surface area contributed by atoms with Crippen LogP contribution in [0.4, 0.5) is 0 Å². The van der Waals surface area contributed by atoms with E-state index in [9.17, 15) is 14.4 Å². The minimum Gasteiger partial charge on any atom is -0.459 e. The number of carbonyl (C=O) groups is 3. The minimum atomic E-state index is -0.989. The van der Waals surface area contributed by atoms with E-state index in [1.807, 2.05) is 30.3 Å². The molecule has 1 fully saturated rings. The molecule has 2 aromatic carbocycles. The zero-order chi connectivity index (χ0) is 21.1. The number of rotatable bonds is 6. The van der Waals surface area contributed by atoms with Gasteiger partial charge in [-0.1, -0.05) is 49.4 Å². The first-order valence-corrected chi connectivity index (χ1v) is 10.5. The van der Waals surface area contributed by atoms with Gasteiger partial charge in [-0.05, 0) is 43.6 Å². The monoisotopic (exact) mass is 406 g/mol. The Bertz CT molecular complexity index is 908. The lowest BCUT2D eigenvalue weighted by atomic mass is 10.0. The molecule has 30 heavy (non-hydrogen) atoms. The molecule has 1 saturated heterocycles. The number of likely N-dealkylation sites (tertiary alicyclic amines) is 1. The maximum atomic E-state index is 13.3. The number of esters is 1. The molecule has 2 aliphatic heterocycles. The van der Waals surface area contributed by atoms with Crippen LogP contribution in [-0.2, 0) is 16.0 Å². The Balaban J connectivity index is 1.59. The lowest BCUT2D eigenvalue weighted by Crippen LogP contribution is -2.49. The second-order valence-electron chi connectivity index (χ2n) is 7.83. The van der Waals surface area contributed by atoms with Crippen LogP contribution in [0, 0.1) is 0 Å². The number of fused-ring (bicyclic) bond motifs is 1. The van der Waals surface area contributed by atoms with E-state index < -0.39 is 23.8 Å². The number of ether oxygens (including phenoxy) is 1. The maximum Gasteiger partial charge on any atom is 0.330 e. The van der Waals surface area contributed by atoms with Gasteiger partial charge in [0.1, 0.15) is 12.1 Å². The van der Waals surface area contributed by atoms with Crippen LogP contribution < -0.4 is 0 Å². The van der Waals surface area contributed by atoms with E-state index in [2.05, 4.69) is 11.8 Å². The molecule has 6 heteroatoms. The third-order valence-corrected chi connectivity index (χ3v) is 5.87. The van der Waals surface area contributed by atoms with Gasteiger partial charge in [0, 0.05) is 13.0 Å². The number of piperidine rings is 1.